The summed E-state index contributed by atoms with van der Waals surface area (Å²) >= 11 is 0. The van der Waals surface area contributed by atoms with Crippen molar-refractivity contribution in [2.24, 2.45) is 0 Å². The van der Waals surface area contributed by atoms with Gasteiger partial charge in [-0.3, -0.25) is 9.69 Å². The van der Waals surface area contributed by atoms with Crippen molar-refractivity contribution >= 4 is 15.9 Å². The van der Waals surface area contributed by atoms with Gasteiger partial charge >= 0.3 is 0 Å². The molecule has 1 N–H and O–H groups in total. The van der Waals surface area contributed by atoms with Crippen molar-refractivity contribution in [1.82, 2.24) is 14.5 Å². The summed E-state index contributed by atoms with van der Waals surface area (Å²) in [4.78, 5) is 15.2. The first-order chi connectivity index (χ1) is 15.5. The SMILES string of the molecule is O=C(NCC1CN(Cc2ccccc2)CCO1)c1ccc(S(=O)(=O)N2CCCCC2)cc1. The number of morpholine rings is 1. The summed E-state index contributed by atoms with van der Waals surface area (Å²) in [6, 6.07) is 16.5. The molecule has 172 valence electrons. The van der Waals surface area contributed by atoms with Crippen LogP contribution in [0.1, 0.15) is 35.2 Å². The van der Waals surface area contributed by atoms with Crippen molar-refractivity contribution in [3.63, 3.8) is 0 Å². The number of benzene rings is 2. The molecule has 4 rings (SSSR count). The van der Waals surface area contributed by atoms with Crippen LogP contribution >= 0.6 is 0 Å². The standard InChI is InChI=1S/C24H31N3O4S/c28-24(21-9-11-23(12-10-21)32(29,30)27-13-5-2-6-14-27)25-17-22-19-26(15-16-31-22)18-20-7-3-1-4-8-20/h1,3-4,7-12,22H,2,5-6,13-19H2,(H,25,28). The van der Waals surface area contributed by atoms with Gasteiger partial charge in [-0.25, -0.2) is 8.42 Å². The Morgan fingerprint density at radius 3 is 2.41 bits per heavy atom. The van der Waals surface area contributed by atoms with E-state index in [1.807, 2.05) is 18.2 Å². The first-order valence-corrected chi connectivity index (χ1v) is 12.7. The molecule has 0 saturated carbocycles. The lowest BCUT2D eigenvalue weighted by Gasteiger charge is -2.33. The number of carbonyl (C=O) groups is 1. The van der Waals surface area contributed by atoms with E-state index in [-0.39, 0.29) is 16.9 Å². The lowest BCUT2D eigenvalue weighted by Crippen LogP contribution is -2.47. The summed E-state index contributed by atoms with van der Waals surface area (Å²) in [6.45, 7) is 4.66. The minimum atomic E-state index is -3.49. The molecule has 0 bridgehead atoms. The molecular formula is C24H31N3O4S. The Labute approximate surface area is 190 Å². The lowest BCUT2D eigenvalue weighted by atomic mass is 10.2. The third-order valence-electron chi connectivity index (χ3n) is 6.03. The Morgan fingerprint density at radius 1 is 0.969 bits per heavy atom. The lowest BCUT2D eigenvalue weighted by molar-refractivity contribution is -0.0292. The maximum atomic E-state index is 12.8. The summed E-state index contributed by atoms with van der Waals surface area (Å²) in [5.41, 5.74) is 1.70. The van der Waals surface area contributed by atoms with Crippen LogP contribution < -0.4 is 5.32 Å². The Hall–Kier alpha value is -2.26. The molecule has 2 aromatic carbocycles. The van der Waals surface area contributed by atoms with Gasteiger partial charge in [-0.2, -0.15) is 4.31 Å². The van der Waals surface area contributed by atoms with Crippen molar-refractivity contribution < 1.29 is 17.9 Å². The van der Waals surface area contributed by atoms with Crippen LogP contribution in [0.3, 0.4) is 0 Å². The Balaban J connectivity index is 1.29. The maximum absolute atomic E-state index is 12.8. The van der Waals surface area contributed by atoms with Gasteiger partial charge in [0.1, 0.15) is 0 Å². The number of sulfonamides is 1. The Kier molecular flexibility index (Phi) is 7.57. The molecule has 1 atom stereocenters. The highest BCUT2D eigenvalue weighted by Crippen LogP contribution is 2.21. The molecule has 0 spiro atoms. The van der Waals surface area contributed by atoms with Crippen LogP contribution in [0.5, 0.6) is 0 Å². The van der Waals surface area contributed by atoms with E-state index in [0.717, 1.165) is 38.9 Å². The molecule has 7 nitrogen and oxygen atoms in total. The second kappa shape index (κ2) is 10.6. The van der Waals surface area contributed by atoms with Crippen LogP contribution in [-0.4, -0.2) is 69.0 Å². The van der Waals surface area contributed by atoms with E-state index in [1.54, 1.807) is 12.1 Å². The third-order valence-corrected chi connectivity index (χ3v) is 7.94. The summed E-state index contributed by atoms with van der Waals surface area (Å²) in [5.74, 6) is -0.226. The van der Waals surface area contributed by atoms with Crippen molar-refractivity contribution in [1.29, 1.82) is 0 Å². The van der Waals surface area contributed by atoms with E-state index in [4.69, 9.17) is 4.74 Å². The smallest absolute Gasteiger partial charge is 0.251 e. The Bertz CT molecular complexity index is 990. The topological polar surface area (TPSA) is 79.0 Å². The Morgan fingerprint density at radius 2 is 1.69 bits per heavy atom. The zero-order valence-corrected chi connectivity index (χ0v) is 19.1. The molecule has 0 aromatic heterocycles. The fourth-order valence-corrected chi connectivity index (χ4v) is 5.75. The molecule has 32 heavy (non-hydrogen) atoms. The quantitative estimate of drug-likeness (QED) is 0.691. The number of ether oxygens (including phenoxy) is 1. The van der Waals surface area contributed by atoms with Gasteiger partial charge in [0.15, 0.2) is 0 Å². The summed E-state index contributed by atoms with van der Waals surface area (Å²) in [7, 11) is -3.49. The van der Waals surface area contributed by atoms with Gasteiger partial charge in [0, 0.05) is 44.8 Å². The molecule has 2 fully saturated rings. The molecule has 2 heterocycles. The average Bonchev–Trinajstić information content (AvgIpc) is 2.84. The number of rotatable bonds is 7. The zero-order chi connectivity index (χ0) is 22.4. The predicted octanol–water partition coefficient (Wildman–Crippen LogP) is 2.49. The maximum Gasteiger partial charge on any atom is 0.251 e. The van der Waals surface area contributed by atoms with Gasteiger partial charge in [0.2, 0.25) is 10.0 Å². The second-order valence-electron chi connectivity index (χ2n) is 8.41. The molecule has 8 heteroatoms. The number of nitrogens with zero attached hydrogens (tertiary/aromatic N) is 2. The molecule has 2 aliphatic rings. The third kappa shape index (κ3) is 5.75. The summed E-state index contributed by atoms with van der Waals surface area (Å²) < 4.78 is 32.9. The number of piperidine rings is 1. The van der Waals surface area contributed by atoms with Gasteiger partial charge in [-0.15, -0.1) is 0 Å². The number of amides is 1. The minimum absolute atomic E-state index is 0.0739. The normalized spacial score (nSPS) is 20.7. The molecule has 2 aliphatic heterocycles. The van der Waals surface area contributed by atoms with Crippen LogP contribution in [0.25, 0.3) is 0 Å². The number of nitrogens with one attached hydrogen (secondary N) is 1. The summed E-state index contributed by atoms with van der Waals surface area (Å²) in [5, 5.41) is 2.92. The van der Waals surface area contributed by atoms with Crippen molar-refractivity contribution in [3.8, 4) is 0 Å². The number of carbonyl (C=O) groups excluding carboxylic acids is 1. The molecule has 0 aliphatic carbocycles. The largest absolute Gasteiger partial charge is 0.374 e. The number of hydrogen-bond donors (Lipinski definition) is 1. The van der Waals surface area contributed by atoms with Gasteiger partial charge in [-0.1, -0.05) is 36.8 Å². The van der Waals surface area contributed by atoms with E-state index in [1.165, 1.54) is 22.0 Å². The van der Waals surface area contributed by atoms with Gasteiger partial charge < -0.3 is 10.1 Å². The zero-order valence-electron chi connectivity index (χ0n) is 18.3. The number of hydrogen-bond acceptors (Lipinski definition) is 5. The van der Waals surface area contributed by atoms with E-state index < -0.39 is 10.0 Å². The van der Waals surface area contributed by atoms with Gasteiger partial charge in [0.25, 0.3) is 5.91 Å². The van der Waals surface area contributed by atoms with E-state index >= 15 is 0 Å². The molecule has 1 unspecified atom stereocenters. The molecule has 1 amide bonds. The fourth-order valence-electron chi connectivity index (χ4n) is 4.23. The molecular weight excluding hydrogens is 426 g/mol. The van der Waals surface area contributed by atoms with Gasteiger partial charge in [-0.05, 0) is 42.7 Å². The van der Waals surface area contributed by atoms with Crippen LogP contribution in [0, 0.1) is 0 Å². The monoisotopic (exact) mass is 457 g/mol. The molecule has 2 aromatic rings. The first kappa shape index (κ1) is 22.9. The van der Waals surface area contributed by atoms with Gasteiger partial charge in [0.05, 0.1) is 17.6 Å². The highest BCUT2D eigenvalue weighted by atomic mass is 32.2. The van der Waals surface area contributed by atoms with E-state index in [2.05, 4.69) is 22.3 Å². The van der Waals surface area contributed by atoms with Crippen LogP contribution in [0.15, 0.2) is 59.5 Å². The highest BCUT2D eigenvalue weighted by molar-refractivity contribution is 7.89. The minimum Gasteiger partial charge on any atom is -0.374 e. The van der Waals surface area contributed by atoms with E-state index in [9.17, 15) is 13.2 Å². The predicted molar refractivity (Wildman–Crippen MR) is 123 cm³/mol. The van der Waals surface area contributed by atoms with Crippen molar-refractivity contribution in [3.05, 3.63) is 65.7 Å². The second-order valence-corrected chi connectivity index (χ2v) is 10.4. The van der Waals surface area contributed by atoms with Crippen molar-refractivity contribution in [2.45, 2.75) is 36.8 Å². The summed E-state index contributed by atoms with van der Waals surface area (Å²) in [6.07, 6.45) is 2.78. The van der Waals surface area contributed by atoms with E-state index in [0.29, 0.717) is 31.8 Å². The van der Waals surface area contributed by atoms with Crippen LogP contribution in [-0.2, 0) is 21.3 Å². The highest BCUT2D eigenvalue weighted by Gasteiger charge is 2.26. The molecule has 2 saturated heterocycles. The van der Waals surface area contributed by atoms with Crippen LogP contribution in [0.2, 0.25) is 0 Å². The molecule has 0 radical (unpaired) electrons. The fraction of sp³-hybridized carbons (Fsp3) is 0.458. The van der Waals surface area contributed by atoms with Crippen LogP contribution in [0.4, 0.5) is 0 Å². The average molecular weight is 458 g/mol. The first-order valence-electron chi connectivity index (χ1n) is 11.3. The van der Waals surface area contributed by atoms with Crippen molar-refractivity contribution in [2.75, 3.05) is 39.3 Å².